The summed E-state index contributed by atoms with van der Waals surface area (Å²) < 4.78 is 10.3. The zero-order valence-electron chi connectivity index (χ0n) is 15.1. The SMILES string of the molecule is COc1cc(OC)nc(C(=O)N2c3ccccc3N(C)CC2(C)C)n1. The Kier molecular flexibility index (Phi) is 4.24. The fourth-order valence-electron chi connectivity index (χ4n) is 3.23. The van der Waals surface area contributed by atoms with E-state index in [0.717, 1.165) is 11.4 Å². The summed E-state index contributed by atoms with van der Waals surface area (Å²) in [7, 11) is 5.00. The maximum absolute atomic E-state index is 13.3. The van der Waals surface area contributed by atoms with Crippen molar-refractivity contribution in [2.24, 2.45) is 0 Å². The highest BCUT2D eigenvalue weighted by molar-refractivity contribution is 6.07. The molecule has 7 nitrogen and oxygen atoms in total. The number of aromatic nitrogens is 2. The van der Waals surface area contributed by atoms with Crippen LogP contribution in [0, 0.1) is 0 Å². The molecule has 7 heteroatoms. The molecule has 0 bridgehead atoms. The minimum atomic E-state index is -0.431. The monoisotopic (exact) mass is 342 g/mol. The van der Waals surface area contributed by atoms with Crippen LogP contribution in [-0.4, -0.2) is 49.2 Å². The second-order valence-corrected chi connectivity index (χ2v) is 6.57. The molecule has 0 spiro atoms. The third kappa shape index (κ3) is 2.97. The van der Waals surface area contributed by atoms with Gasteiger partial charge in [0.25, 0.3) is 5.91 Å². The van der Waals surface area contributed by atoms with E-state index in [-0.39, 0.29) is 23.5 Å². The predicted octanol–water partition coefficient (Wildman–Crippen LogP) is 2.37. The van der Waals surface area contributed by atoms with Crippen molar-refractivity contribution in [2.45, 2.75) is 19.4 Å². The van der Waals surface area contributed by atoms with Crippen LogP contribution in [0.5, 0.6) is 11.8 Å². The van der Waals surface area contributed by atoms with E-state index in [1.165, 1.54) is 14.2 Å². The van der Waals surface area contributed by atoms with E-state index in [4.69, 9.17) is 9.47 Å². The summed E-state index contributed by atoms with van der Waals surface area (Å²) in [5.41, 5.74) is 1.39. The number of carbonyl (C=O) groups excluding carboxylic acids is 1. The maximum Gasteiger partial charge on any atom is 0.296 e. The van der Waals surface area contributed by atoms with Crippen LogP contribution in [0.3, 0.4) is 0 Å². The zero-order valence-corrected chi connectivity index (χ0v) is 15.1. The second kappa shape index (κ2) is 6.23. The average Bonchev–Trinajstić information content (AvgIpc) is 2.60. The minimum Gasteiger partial charge on any atom is -0.481 e. The molecule has 1 aromatic carbocycles. The van der Waals surface area contributed by atoms with E-state index < -0.39 is 5.54 Å². The van der Waals surface area contributed by atoms with Gasteiger partial charge in [0.2, 0.25) is 17.6 Å². The summed E-state index contributed by atoms with van der Waals surface area (Å²) in [5, 5.41) is 0. The number of benzene rings is 1. The number of anilines is 2. The largest absolute Gasteiger partial charge is 0.481 e. The van der Waals surface area contributed by atoms with E-state index in [9.17, 15) is 4.79 Å². The fourth-order valence-corrected chi connectivity index (χ4v) is 3.23. The van der Waals surface area contributed by atoms with Gasteiger partial charge in [-0.3, -0.25) is 9.69 Å². The minimum absolute atomic E-state index is 0.0450. The molecule has 0 aliphatic carbocycles. The van der Waals surface area contributed by atoms with Crippen molar-refractivity contribution in [3.05, 3.63) is 36.2 Å². The Morgan fingerprint density at radius 3 is 2.20 bits per heavy atom. The summed E-state index contributed by atoms with van der Waals surface area (Å²) in [6, 6.07) is 9.35. The van der Waals surface area contributed by atoms with Crippen LogP contribution in [0.25, 0.3) is 0 Å². The Balaban J connectivity index is 2.11. The lowest BCUT2D eigenvalue weighted by Gasteiger charge is -2.47. The van der Waals surface area contributed by atoms with E-state index in [1.807, 2.05) is 45.2 Å². The standard InChI is InChI=1S/C18H22N4O3/c1-18(2)11-21(3)12-8-6-7-9-13(12)22(18)17(23)16-19-14(24-4)10-15(20-16)25-5/h6-10H,11H2,1-5H3. The van der Waals surface area contributed by atoms with Crippen LogP contribution in [0.2, 0.25) is 0 Å². The number of amides is 1. The third-order valence-electron chi connectivity index (χ3n) is 4.26. The van der Waals surface area contributed by atoms with Gasteiger partial charge in [0.15, 0.2) is 0 Å². The molecule has 0 fully saturated rings. The number of nitrogens with zero attached hydrogens (tertiary/aromatic N) is 4. The predicted molar refractivity (Wildman–Crippen MR) is 95.7 cm³/mol. The van der Waals surface area contributed by atoms with Gasteiger partial charge < -0.3 is 14.4 Å². The van der Waals surface area contributed by atoms with Crippen molar-refractivity contribution in [1.29, 1.82) is 0 Å². The molecule has 2 aromatic rings. The summed E-state index contributed by atoms with van der Waals surface area (Å²) in [5.74, 6) is 0.331. The molecule has 25 heavy (non-hydrogen) atoms. The van der Waals surface area contributed by atoms with E-state index in [0.29, 0.717) is 6.54 Å². The molecule has 0 radical (unpaired) electrons. The van der Waals surface area contributed by atoms with Gasteiger partial charge in [0.05, 0.1) is 37.2 Å². The molecule has 1 aliphatic heterocycles. The Morgan fingerprint density at radius 2 is 1.64 bits per heavy atom. The van der Waals surface area contributed by atoms with Crippen molar-refractivity contribution in [2.75, 3.05) is 37.6 Å². The van der Waals surface area contributed by atoms with Gasteiger partial charge in [0.1, 0.15) is 0 Å². The first kappa shape index (κ1) is 17.0. The Labute approximate surface area is 147 Å². The van der Waals surface area contributed by atoms with Crippen molar-refractivity contribution < 1.29 is 14.3 Å². The van der Waals surface area contributed by atoms with Gasteiger partial charge in [-0.15, -0.1) is 0 Å². The number of para-hydroxylation sites is 2. The van der Waals surface area contributed by atoms with Crippen LogP contribution in [0.4, 0.5) is 11.4 Å². The topological polar surface area (TPSA) is 67.8 Å². The average molecular weight is 342 g/mol. The van der Waals surface area contributed by atoms with Gasteiger partial charge >= 0.3 is 0 Å². The quantitative estimate of drug-likeness (QED) is 0.853. The second-order valence-electron chi connectivity index (χ2n) is 6.57. The smallest absolute Gasteiger partial charge is 0.296 e. The molecule has 132 valence electrons. The highest BCUT2D eigenvalue weighted by Crippen LogP contribution is 2.39. The number of hydrogen-bond acceptors (Lipinski definition) is 6. The van der Waals surface area contributed by atoms with E-state index in [1.54, 1.807) is 11.0 Å². The van der Waals surface area contributed by atoms with Gasteiger partial charge in [0, 0.05) is 13.6 Å². The number of ether oxygens (including phenoxy) is 2. The Bertz CT molecular complexity index is 784. The van der Waals surface area contributed by atoms with Crippen molar-refractivity contribution in [3.8, 4) is 11.8 Å². The van der Waals surface area contributed by atoms with E-state index >= 15 is 0 Å². The lowest BCUT2D eigenvalue weighted by molar-refractivity contribution is 0.0949. The fraction of sp³-hybridized carbons (Fsp3) is 0.389. The Morgan fingerprint density at radius 1 is 1.08 bits per heavy atom. The molecule has 0 saturated heterocycles. The number of fused-ring (bicyclic) bond motifs is 1. The number of rotatable bonds is 3. The van der Waals surface area contributed by atoms with Gasteiger partial charge in [-0.25, -0.2) is 0 Å². The number of hydrogen-bond donors (Lipinski definition) is 0. The first-order chi connectivity index (χ1) is 11.9. The van der Waals surface area contributed by atoms with Crippen LogP contribution in [-0.2, 0) is 0 Å². The summed E-state index contributed by atoms with van der Waals surface area (Å²) in [4.78, 5) is 25.6. The summed E-state index contributed by atoms with van der Waals surface area (Å²) in [6.07, 6.45) is 0. The molecule has 2 heterocycles. The maximum atomic E-state index is 13.3. The third-order valence-corrected chi connectivity index (χ3v) is 4.26. The van der Waals surface area contributed by atoms with Crippen LogP contribution < -0.4 is 19.3 Å². The van der Waals surface area contributed by atoms with Gasteiger partial charge in [-0.2, -0.15) is 9.97 Å². The molecule has 0 unspecified atom stereocenters. The number of likely N-dealkylation sites (N-methyl/N-ethyl adjacent to an activating group) is 1. The molecule has 1 amide bonds. The van der Waals surface area contributed by atoms with Crippen molar-refractivity contribution in [3.63, 3.8) is 0 Å². The van der Waals surface area contributed by atoms with Crippen LogP contribution in [0.15, 0.2) is 30.3 Å². The molecule has 0 atom stereocenters. The van der Waals surface area contributed by atoms with E-state index in [2.05, 4.69) is 14.9 Å². The molecule has 0 saturated carbocycles. The van der Waals surface area contributed by atoms with Crippen LogP contribution >= 0.6 is 0 Å². The first-order valence-corrected chi connectivity index (χ1v) is 7.99. The van der Waals surface area contributed by atoms with Crippen molar-refractivity contribution >= 4 is 17.3 Å². The lowest BCUT2D eigenvalue weighted by atomic mass is 9.96. The molecule has 1 aliphatic rings. The zero-order chi connectivity index (χ0) is 18.2. The van der Waals surface area contributed by atoms with Crippen molar-refractivity contribution in [1.82, 2.24) is 9.97 Å². The number of methoxy groups -OCH3 is 2. The molecule has 3 rings (SSSR count). The highest BCUT2D eigenvalue weighted by atomic mass is 16.5. The highest BCUT2D eigenvalue weighted by Gasteiger charge is 2.40. The molecular weight excluding hydrogens is 320 g/mol. The molecule has 0 N–H and O–H groups in total. The summed E-state index contributed by atoms with van der Waals surface area (Å²) in [6.45, 7) is 4.74. The normalized spacial score (nSPS) is 15.6. The first-order valence-electron chi connectivity index (χ1n) is 7.99. The molecule has 1 aromatic heterocycles. The summed E-state index contributed by atoms with van der Waals surface area (Å²) >= 11 is 0. The lowest BCUT2D eigenvalue weighted by Crippen LogP contribution is -2.57. The molecular formula is C18H22N4O3. The number of carbonyl (C=O) groups is 1. The van der Waals surface area contributed by atoms with Gasteiger partial charge in [-0.1, -0.05) is 12.1 Å². The van der Waals surface area contributed by atoms with Crippen LogP contribution in [0.1, 0.15) is 24.5 Å². The Hall–Kier alpha value is -2.83. The van der Waals surface area contributed by atoms with Gasteiger partial charge in [-0.05, 0) is 26.0 Å².